The van der Waals surface area contributed by atoms with Crippen molar-refractivity contribution in [2.24, 2.45) is 0 Å². The van der Waals surface area contributed by atoms with E-state index in [-0.39, 0.29) is 0 Å². The van der Waals surface area contributed by atoms with E-state index in [0.29, 0.717) is 11.9 Å². The molecule has 2 rings (SSSR count). The van der Waals surface area contributed by atoms with Gasteiger partial charge in [0.15, 0.2) is 0 Å². The van der Waals surface area contributed by atoms with Crippen LogP contribution >= 0.6 is 11.6 Å². The van der Waals surface area contributed by atoms with Gasteiger partial charge in [0, 0.05) is 43.8 Å². The molecule has 1 heterocycles. The van der Waals surface area contributed by atoms with E-state index in [2.05, 4.69) is 47.9 Å². The predicted molar refractivity (Wildman–Crippen MR) is 79.5 cm³/mol. The Bertz CT molecular complexity index is 355. The van der Waals surface area contributed by atoms with Gasteiger partial charge in [0.2, 0.25) is 0 Å². The van der Waals surface area contributed by atoms with E-state index in [4.69, 9.17) is 11.6 Å². The Morgan fingerprint density at radius 2 is 1.72 bits per heavy atom. The van der Waals surface area contributed by atoms with Gasteiger partial charge < -0.3 is 4.90 Å². The summed E-state index contributed by atoms with van der Waals surface area (Å²) in [6, 6.07) is 9.35. The molecule has 2 nitrogen and oxygen atoms in total. The smallest absolute Gasteiger partial charge is 0.0474 e. The van der Waals surface area contributed by atoms with Crippen molar-refractivity contribution in [2.45, 2.75) is 32.2 Å². The lowest BCUT2D eigenvalue weighted by Gasteiger charge is -2.39. The summed E-state index contributed by atoms with van der Waals surface area (Å²) in [6.45, 7) is 9.19. The second-order valence-corrected chi connectivity index (χ2v) is 5.35. The molecule has 3 heteroatoms. The summed E-state index contributed by atoms with van der Waals surface area (Å²) in [5.41, 5.74) is 2.52. The van der Waals surface area contributed by atoms with Crippen LogP contribution < -0.4 is 4.90 Å². The minimum Gasteiger partial charge on any atom is -0.369 e. The third-order valence-corrected chi connectivity index (χ3v) is 4.29. The molecule has 0 aliphatic carbocycles. The van der Waals surface area contributed by atoms with Crippen LogP contribution in [-0.4, -0.2) is 37.1 Å². The minimum absolute atomic E-state index is 0.599. The molecule has 1 aliphatic heterocycles. The molecule has 0 radical (unpaired) electrons. The van der Waals surface area contributed by atoms with Gasteiger partial charge in [-0.1, -0.05) is 19.1 Å². The Labute approximate surface area is 116 Å². The Morgan fingerprint density at radius 3 is 2.22 bits per heavy atom. The SMILES string of the molecule is CCC(C)N1CCN(c2ccc(CCl)cc2)CC1. The van der Waals surface area contributed by atoms with Crippen LogP contribution in [0.2, 0.25) is 0 Å². The number of benzene rings is 1. The molecule has 0 bridgehead atoms. The topological polar surface area (TPSA) is 6.48 Å². The zero-order valence-electron chi connectivity index (χ0n) is 11.4. The normalized spacial score (nSPS) is 18.9. The molecule has 1 unspecified atom stereocenters. The van der Waals surface area contributed by atoms with Crippen molar-refractivity contribution < 1.29 is 0 Å². The van der Waals surface area contributed by atoms with E-state index in [0.717, 1.165) is 13.1 Å². The molecule has 100 valence electrons. The summed E-state index contributed by atoms with van der Waals surface area (Å²) in [5.74, 6) is 0.599. The monoisotopic (exact) mass is 266 g/mol. The van der Waals surface area contributed by atoms with Crippen molar-refractivity contribution in [3.05, 3.63) is 29.8 Å². The lowest BCUT2D eigenvalue weighted by atomic mass is 10.1. The molecule has 0 saturated carbocycles. The fourth-order valence-electron chi connectivity index (χ4n) is 2.47. The molecular formula is C15H23ClN2. The summed E-state index contributed by atoms with van der Waals surface area (Å²) in [5, 5.41) is 0. The fourth-order valence-corrected chi connectivity index (χ4v) is 2.65. The highest BCUT2D eigenvalue weighted by atomic mass is 35.5. The molecule has 1 saturated heterocycles. The van der Waals surface area contributed by atoms with Crippen molar-refractivity contribution in [3.8, 4) is 0 Å². The minimum atomic E-state index is 0.599. The summed E-state index contributed by atoms with van der Waals surface area (Å²) < 4.78 is 0. The summed E-state index contributed by atoms with van der Waals surface area (Å²) in [6.07, 6.45) is 1.24. The van der Waals surface area contributed by atoms with Crippen molar-refractivity contribution in [1.29, 1.82) is 0 Å². The van der Waals surface area contributed by atoms with Crippen LogP contribution in [0, 0.1) is 0 Å². The number of alkyl halides is 1. The third-order valence-electron chi connectivity index (χ3n) is 3.98. The van der Waals surface area contributed by atoms with E-state index in [1.54, 1.807) is 0 Å². The van der Waals surface area contributed by atoms with Gasteiger partial charge in [0.05, 0.1) is 0 Å². The van der Waals surface area contributed by atoms with Crippen LogP contribution in [0.25, 0.3) is 0 Å². The quantitative estimate of drug-likeness (QED) is 0.772. The number of hydrogen-bond acceptors (Lipinski definition) is 2. The number of rotatable bonds is 4. The standard InChI is InChI=1S/C15H23ClN2/c1-3-13(2)17-8-10-18(11-9-17)15-6-4-14(12-16)5-7-15/h4-7,13H,3,8-12H2,1-2H3. The fraction of sp³-hybridized carbons (Fsp3) is 0.600. The van der Waals surface area contributed by atoms with Crippen molar-refractivity contribution >= 4 is 17.3 Å². The van der Waals surface area contributed by atoms with Gasteiger partial charge in [0.25, 0.3) is 0 Å². The van der Waals surface area contributed by atoms with Crippen molar-refractivity contribution in [1.82, 2.24) is 4.90 Å². The Hall–Kier alpha value is -0.730. The molecule has 1 atom stereocenters. The molecule has 0 N–H and O–H groups in total. The zero-order chi connectivity index (χ0) is 13.0. The van der Waals surface area contributed by atoms with E-state index in [1.807, 2.05) is 0 Å². The number of halogens is 1. The van der Waals surface area contributed by atoms with Gasteiger partial charge in [-0.05, 0) is 31.0 Å². The summed E-state index contributed by atoms with van der Waals surface area (Å²) in [7, 11) is 0. The van der Waals surface area contributed by atoms with E-state index < -0.39 is 0 Å². The Balaban J connectivity index is 1.92. The van der Waals surface area contributed by atoms with Gasteiger partial charge >= 0.3 is 0 Å². The highest BCUT2D eigenvalue weighted by Gasteiger charge is 2.19. The highest BCUT2D eigenvalue weighted by Crippen LogP contribution is 2.19. The molecule has 1 aromatic rings. The highest BCUT2D eigenvalue weighted by molar-refractivity contribution is 6.17. The average Bonchev–Trinajstić information content (AvgIpc) is 2.47. The van der Waals surface area contributed by atoms with Crippen LogP contribution in [0.5, 0.6) is 0 Å². The van der Waals surface area contributed by atoms with Gasteiger partial charge in [-0.3, -0.25) is 4.90 Å². The van der Waals surface area contributed by atoms with Crippen LogP contribution in [-0.2, 0) is 5.88 Å². The second kappa shape index (κ2) is 6.44. The molecule has 1 aliphatic rings. The lowest BCUT2D eigenvalue weighted by molar-refractivity contribution is 0.193. The number of hydrogen-bond donors (Lipinski definition) is 0. The molecular weight excluding hydrogens is 244 g/mol. The molecule has 0 amide bonds. The molecule has 1 fully saturated rings. The third kappa shape index (κ3) is 3.18. The van der Waals surface area contributed by atoms with Crippen molar-refractivity contribution in [2.75, 3.05) is 31.1 Å². The first-order valence-electron chi connectivity index (χ1n) is 6.88. The summed E-state index contributed by atoms with van der Waals surface area (Å²) in [4.78, 5) is 5.06. The maximum absolute atomic E-state index is 5.81. The number of piperazine rings is 1. The number of nitrogens with zero attached hydrogens (tertiary/aromatic N) is 2. The second-order valence-electron chi connectivity index (χ2n) is 5.08. The Morgan fingerprint density at radius 1 is 1.11 bits per heavy atom. The zero-order valence-corrected chi connectivity index (χ0v) is 12.2. The van der Waals surface area contributed by atoms with Crippen LogP contribution in [0.1, 0.15) is 25.8 Å². The first-order valence-corrected chi connectivity index (χ1v) is 7.42. The molecule has 0 aromatic heterocycles. The predicted octanol–water partition coefficient (Wildman–Crippen LogP) is 3.35. The van der Waals surface area contributed by atoms with Gasteiger partial charge in [-0.25, -0.2) is 0 Å². The van der Waals surface area contributed by atoms with Gasteiger partial charge in [-0.2, -0.15) is 0 Å². The first kappa shape index (κ1) is 13.7. The summed E-state index contributed by atoms with van der Waals surface area (Å²) >= 11 is 5.81. The van der Waals surface area contributed by atoms with E-state index in [1.165, 1.54) is 30.8 Å². The maximum Gasteiger partial charge on any atom is 0.0474 e. The van der Waals surface area contributed by atoms with E-state index in [9.17, 15) is 0 Å². The largest absolute Gasteiger partial charge is 0.369 e. The molecule has 1 aromatic carbocycles. The lowest BCUT2D eigenvalue weighted by Crippen LogP contribution is -2.49. The van der Waals surface area contributed by atoms with E-state index >= 15 is 0 Å². The molecule has 0 spiro atoms. The van der Waals surface area contributed by atoms with Crippen molar-refractivity contribution in [3.63, 3.8) is 0 Å². The Kier molecular flexibility index (Phi) is 4.90. The van der Waals surface area contributed by atoms with Crippen LogP contribution in [0.4, 0.5) is 5.69 Å². The van der Waals surface area contributed by atoms with Gasteiger partial charge in [0.1, 0.15) is 0 Å². The van der Waals surface area contributed by atoms with Crippen LogP contribution in [0.3, 0.4) is 0 Å². The average molecular weight is 267 g/mol. The number of anilines is 1. The van der Waals surface area contributed by atoms with Crippen LogP contribution in [0.15, 0.2) is 24.3 Å². The first-order chi connectivity index (χ1) is 8.74. The van der Waals surface area contributed by atoms with Gasteiger partial charge in [-0.15, -0.1) is 11.6 Å². The maximum atomic E-state index is 5.81. The molecule has 18 heavy (non-hydrogen) atoms.